The average Bonchev–Trinajstić information content (AvgIpc) is 2.70. The van der Waals surface area contributed by atoms with Crippen LogP contribution in [0.1, 0.15) is 38.3 Å². The summed E-state index contributed by atoms with van der Waals surface area (Å²) in [6.45, 7) is 11.0. The SMILES string of the molecule is C=C(Cc1ccc[n+](CC)c1)/C(C)=C/N=C(\CC)Sc1cccc(C(F)(F)F)c1. The highest BCUT2D eigenvalue weighted by atomic mass is 32.2. The lowest BCUT2D eigenvalue weighted by Crippen LogP contribution is -2.31. The first kappa shape index (κ1) is 22.9. The monoisotopic (exact) mass is 419 g/mol. The zero-order valence-corrected chi connectivity index (χ0v) is 17.8. The van der Waals surface area contributed by atoms with E-state index in [0.29, 0.717) is 11.3 Å². The molecule has 1 aromatic heterocycles. The van der Waals surface area contributed by atoms with E-state index < -0.39 is 11.7 Å². The number of rotatable bonds is 7. The predicted molar refractivity (Wildman–Crippen MR) is 114 cm³/mol. The fourth-order valence-electron chi connectivity index (χ4n) is 2.59. The van der Waals surface area contributed by atoms with E-state index in [-0.39, 0.29) is 0 Å². The van der Waals surface area contributed by atoms with Crippen molar-refractivity contribution in [2.75, 3.05) is 0 Å². The Bertz CT molecular complexity index is 914. The van der Waals surface area contributed by atoms with Gasteiger partial charge >= 0.3 is 6.18 Å². The first-order valence-corrected chi connectivity index (χ1v) is 10.3. The van der Waals surface area contributed by atoms with Gasteiger partial charge in [-0.3, -0.25) is 4.99 Å². The first-order chi connectivity index (χ1) is 13.7. The maximum atomic E-state index is 12.9. The summed E-state index contributed by atoms with van der Waals surface area (Å²) in [5.41, 5.74) is 2.44. The Morgan fingerprint density at radius 3 is 2.62 bits per heavy atom. The molecule has 0 saturated carbocycles. The molecule has 0 fully saturated rings. The fourth-order valence-corrected chi connectivity index (χ4v) is 3.44. The Morgan fingerprint density at radius 2 is 1.97 bits per heavy atom. The standard InChI is InChI=1S/C23H26F3N2S/c1-5-22(29-21-11-7-10-20(14-21)23(24,25)26)27-15-18(4)17(3)13-19-9-8-12-28(6-2)16-19/h7-12,14-16H,3,5-6,13H2,1-2,4H3/q+1/b18-15+,27-22+. The zero-order chi connectivity index (χ0) is 21.4. The van der Waals surface area contributed by atoms with E-state index in [1.165, 1.54) is 23.4 Å². The third-order valence-corrected chi connectivity index (χ3v) is 5.48. The van der Waals surface area contributed by atoms with Crippen LogP contribution in [0.3, 0.4) is 0 Å². The summed E-state index contributed by atoms with van der Waals surface area (Å²) in [5.74, 6) is 0. The van der Waals surface area contributed by atoms with Gasteiger partial charge in [-0.2, -0.15) is 13.2 Å². The van der Waals surface area contributed by atoms with Crippen LogP contribution in [0.25, 0.3) is 0 Å². The molecule has 2 rings (SSSR count). The molecule has 0 aliphatic heterocycles. The molecule has 1 aromatic carbocycles. The van der Waals surface area contributed by atoms with Crippen molar-refractivity contribution in [2.45, 2.75) is 51.2 Å². The second kappa shape index (κ2) is 10.4. The van der Waals surface area contributed by atoms with Gasteiger partial charge < -0.3 is 0 Å². The topological polar surface area (TPSA) is 16.2 Å². The number of aryl methyl sites for hydroxylation is 1. The van der Waals surface area contributed by atoms with Crippen LogP contribution in [0.2, 0.25) is 0 Å². The minimum atomic E-state index is -4.35. The second-order valence-corrected chi connectivity index (χ2v) is 7.79. The molecule has 0 radical (unpaired) electrons. The van der Waals surface area contributed by atoms with Gasteiger partial charge in [0, 0.05) is 29.1 Å². The summed E-state index contributed by atoms with van der Waals surface area (Å²) >= 11 is 1.25. The van der Waals surface area contributed by atoms with Crippen LogP contribution in [0, 0.1) is 0 Å². The molecule has 2 aromatic rings. The molecule has 1 heterocycles. The molecule has 0 bridgehead atoms. The van der Waals surface area contributed by atoms with Crippen LogP contribution in [0.4, 0.5) is 13.2 Å². The molecule has 0 unspecified atom stereocenters. The predicted octanol–water partition coefficient (Wildman–Crippen LogP) is 6.62. The molecule has 0 atom stereocenters. The number of alkyl halides is 3. The molecular weight excluding hydrogens is 393 g/mol. The van der Waals surface area contributed by atoms with Crippen molar-refractivity contribution in [3.63, 3.8) is 0 Å². The Morgan fingerprint density at radius 1 is 1.21 bits per heavy atom. The fraction of sp³-hybridized carbons (Fsp3) is 0.304. The van der Waals surface area contributed by atoms with Gasteiger partial charge in [0.2, 0.25) is 0 Å². The van der Waals surface area contributed by atoms with Crippen LogP contribution in [-0.2, 0) is 19.1 Å². The van der Waals surface area contributed by atoms with Crippen LogP contribution >= 0.6 is 11.8 Å². The normalized spacial score (nSPS) is 12.9. The number of aromatic nitrogens is 1. The van der Waals surface area contributed by atoms with Crippen molar-refractivity contribution in [3.8, 4) is 0 Å². The Kier molecular flexibility index (Phi) is 8.26. The minimum Gasteiger partial charge on any atom is -0.254 e. The molecule has 29 heavy (non-hydrogen) atoms. The quantitative estimate of drug-likeness (QED) is 0.162. The van der Waals surface area contributed by atoms with Gasteiger partial charge in [-0.15, -0.1) is 0 Å². The van der Waals surface area contributed by atoms with Crippen LogP contribution < -0.4 is 4.57 Å². The van der Waals surface area contributed by atoms with Crippen LogP contribution in [0.15, 0.2) is 82.6 Å². The highest BCUT2D eigenvalue weighted by Gasteiger charge is 2.30. The summed E-state index contributed by atoms with van der Waals surface area (Å²) < 4.78 is 40.8. The largest absolute Gasteiger partial charge is 0.416 e. The number of thioether (sulfide) groups is 1. The van der Waals surface area contributed by atoms with Crippen molar-refractivity contribution in [1.29, 1.82) is 0 Å². The summed E-state index contributed by atoms with van der Waals surface area (Å²) in [7, 11) is 0. The lowest BCUT2D eigenvalue weighted by atomic mass is 10.0. The molecule has 0 aliphatic rings. The second-order valence-electron chi connectivity index (χ2n) is 6.64. The van der Waals surface area contributed by atoms with E-state index in [0.717, 1.165) is 41.3 Å². The molecule has 0 saturated heterocycles. The van der Waals surface area contributed by atoms with E-state index in [9.17, 15) is 13.2 Å². The van der Waals surface area contributed by atoms with Crippen LogP contribution in [0.5, 0.6) is 0 Å². The van der Waals surface area contributed by atoms with Crippen molar-refractivity contribution < 1.29 is 17.7 Å². The van der Waals surface area contributed by atoms with Crippen molar-refractivity contribution in [2.24, 2.45) is 4.99 Å². The van der Waals surface area contributed by atoms with Gasteiger partial charge in [0.05, 0.1) is 10.6 Å². The number of allylic oxidation sites excluding steroid dienone is 2. The third-order valence-electron chi connectivity index (χ3n) is 4.36. The summed E-state index contributed by atoms with van der Waals surface area (Å²) in [6, 6.07) is 9.40. The number of pyridine rings is 1. The van der Waals surface area contributed by atoms with Crippen molar-refractivity contribution in [3.05, 3.63) is 83.8 Å². The minimum absolute atomic E-state index is 0.527. The van der Waals surface area contributed by atoms with E-state index in [1.807, 2.05) is 26.1 Å². The summed E-state index contributed by atoms with van der Waals surface area (Å²) in [4.78, 5) is 5.02. The van der Waals surface area contributed by atoms with E-state index in [4.69, 9.17) is 0 Å². The zero-order valence-electron chi connectivity index (χ0n) is 17.0. The molecular formula is C23H26F3N2S+. The first-order valence-electron chi connectivity index (χ1n) is 9.47. The molecule has 0 spiro atoms. The van der Waals surface area contributed by atoms with E-state index >= 15 is 0 Å². The van der Waals surface area contributed by atoms with E-state index in [1.54, 1.807) is 12.3 Å². The van der Waals surface area contributed by atoms with Gasteiger partial charge in [-0.05, 0) is 55.7 Å². The van der Waals surface area contributed by atoms with Crippen molar-refractivity contribution >= 4 is 16.8 Å². The number of nitrogens with zero attached hydrogens (tertiary/aromatic N) is 2. The Balaban J connectivity index is 2.09. The van der Waals surface area contributed by atoms with Gasteiger partial charge in [0.25, 0.3) is 0 Å². The van der Waals surface area contributed by atoms with Gasteiger partial charge in [0.1, 0.15) is 6.54 Å². The molecule has 2 nitrogen and oxygen atoms in total. The maximum absolute atomic E-state index is 12.9. The molecule has 0 N–H and O–H groups in total. The van der Waals surface area contributed by atoms with E-state index in [2.05, 4.69) is 35.3 Å². The number of hydrogen-bond acceptors (Lipinski definition) is 2. The number of hydrogen-bond donors (Lipinski definition) is 0. The average molecular weight is 420 g/mol. The molecule has 6 heteroatoms. The number of benzene rings is 1. The molecule has 154 valence electrons. The summed E-state index contributed by atoms with van der Waals surface area (Å²) in [5, 5.41) is 0.750. The van der Waals surface area contributed by atoms with Crippen molar-refractivity contribution in [1.82, 2.24) is 0 Å². The number of halogens is 3. The molecule has 0 aliphatic carbocycles. The maximum Gasteiger partial charge on any atom is 0.416 e. The van der Waals surface area contributed by atoms with Crippen LogP contribution in [-0.4, -0.2) is 5.04 Å². The lowest BCUT2D eigenvalue weighted by Gasteiger charge is -2.09. The van der Waals surface area contributed by atoms with Gasteiger partial charge in [-0.1, -0.05) is 31.3 Å². The van der Waals surface area contributed by atoms with Gasteiger partial charge in [-0.25, -0.2) is 4.57 Å². The summed E-state index contributed by atoms with van der Waals surface area (Å²) in [6.07, 6.45) is 2.88. The Hall–Kier alpha value is -2.34. The highest BCUT2D eigenvalue weighted by molar-refractivity contribution is 8.14. The smallest absolute Gasteiger partial charge is 0.254 e. The Labute approximate surface area is 174 Å². The van der Waals surface area contributed by atoms with Gasteiger partial charge in [0.15, 0.2) is 12.4 Å². The molecule has 0 amide bonds. The third kappa shape index (κ3) is 7.20. The number of aliphatic imine (C=N–C) groups is 1. The lowest BCUT2D eigenvalue weighted by molar-refractivity contribution is -0.693. The highest BCUT2D eigenvalue weighted by Crippen LogP contribution is 2.32.